The summed E-state index contributed by atoms with van der Waals surface area (Å²) in [5.74, 6) is 2.43. The molecule has 3 rings (SSSR count). The summed E-state index contributed by atoms with van der Waals surface area (Å²) in [6.45, 7) is 2.70. The Morgan fingerprint density at radius 2 is 1.77 bits per heavy atom. The van der Waals surface area contributed by atoms with Gasteiger partial charge < -0.3 is 24.8 Å². The van der Waals surface area contributed by atoms with E-state index in [1.807, 2.05) is 42.5 Å². The van der Waals surface area contributed by atoms with E-state index in [1.54, 1.807) is 21.3 Å². The molecule has 1 fully saturated rings. The summed E-state index contributed by atoms with van der Waals surface area (Å²) in [5.41, 5.74) is 2.02. The van der Waals surface area contributed by atoms with E-state index in [1.165, 1.54) is 0 Å². The van der Waals surface area contributed by atoms with Crippen molar-refractivity contribution < 1.29 is 14.2 Å². The maximum absolute atomic E-state index is 6.34. The van der Waals surface area contributed by atoms with Gasteiger partial charge in [0.15, 0.2) is 5.96 Å². The number of aliphatic imine (C=N–C) groups is 1. The van der Waals surface area contributed by atoms with Crippen LogP contribution >= 0.6 is 35.6 Å². The lowest BCUT2D eigenvalue weighted by atomic mass is 9.73. The van der Waals surface area contributed by atoms with Gasteiger partial charge in [-0.25, -0.2) is 0 Å². The summed E-state index contributed by atoms with van der Waals surface area (Å²) in [7, 11) is 5.15. The Hall–Kier alpha value is -1.71. The minimum absolute atomic E-state index is 0. The van der Waals surface area contributed by atoms with Crippen LogP contribution in [0, 0.1) is 0 Å². The first kappa shape index (κ1) is 25.5. The van der Waals surface area contributed by atoms with Gasteiger partial charge in [0, 0.05) is 54.9 Å². The molecule has 2 aromatic carbocycles. The van der Waals surface area contributed by atoms with Crippen molar-refractivity contribution >= 4 is 41.5 Å². The van der Waals surface area contributed by atoms with Gasteiger partial charge >= 0.3 is 0 Å². The molecule has 0 aliphatic carbocycles. The molecule has 0 bridgehead atoms. The van der Waals surface area contributed by atoms with Crippen LogP contribution in [0.15, 0.2) is 47.5 Å². The highest BCUT2D eigenvalue weighted by Gasteiger charge is 2.37. The molecular weight excluding hydrogens is 529 g/mol. The third kappa shape index (κ3) is 6.40. The predicted molar refractivity (Wildman–Crippen MR) is 136 cm³/mol. The molecule has 1 heterocycles. The predicted octanol–water partition coefficient (Wildman–Crippen LogP) is 4.39. The Morgan fingerprint density at radius 3 is 2.45 bits per heavy atom. The first-order valence-electron chi connectivity index (χ1n) is 10.1. The molecule has 1 aliphatic heterocycles. The van der Waals surface area contributed by atoms with Crippen LogP contribution in [-0.4, -0.2) is 47.0 Å². The molecule has 0 unspecified atom stereocenters. The highest BCUT2D eigenvalue weighted by Crippen LogP contribution is 2.40. The molecule has 0 amide bonds. The number of benzene rings is 2. The average molecular weight is 560 g/mol. The number of methoxy groups -OCH3 is 2. The lowest BCUT2D eigenvalue weighted by Gasteiger charge is -2.39. The van der Waals surface area contributed by atoms with Crippen molar-refractivity contribution in [3.63, 3.8) is 0 Å². The molecule has 1 saturated heterocycles. The normalized spacial score (nSPS) is 15.5. The van der Waals surface area contributed by atoms with E-state index in [-0.39, 0.29) is 29.4 Å². The average Bonchev–Trinajstić information content (AvgIpc) is 2.80. The summed E-state index contributed by atoms with van der Waals surface area (Å²) >= 11 is 6.34. The summed E-state index contributed by atoms with van der Waals surface area (Å²) in [4.78, 5) is 4.39. The van der Waals surface area contributed by atoms with Crippen LogP contribution in [0.2, 0.25) is 5.02 Å². The second-order valence-electron chi connectivity index (χ2n) is 7.33. The third-order valence-electron chi connectivity index (χ3n) is 5.64. The van der Waals surface area contributed by atoms with Gasteiger partial charge in [-0.1, -0.05) is 29.8 Å². The highest BCUT2D eigenvalue weighted by atomic mass is 127. The SMILES string of the molecule is CN=C(NCc1ccccc1OC)NCC1(c2cc(Cl)ccc2OC)CCOCC1.I. The molecule has 31 heavy (non-hydrogen) atoms. The van der Waals surface area contributed by atoms with Gasteiger partial charge in [0.25, 0.3) is 0 Å². The van der Waals surface area contributed by atoms with Crippen LogP contribution in [0.25, 0.3) is 0 Å². The summed E-state index contributed by atoms with van der Waals surface area (Å²) in [5, 5.41) is 7.58. The topological polar surface area (TPSA) is 64.1 Å². The van der Waals surface area contributed by atoms with Crippen LogP contribution in [0.4, 0.5) is 0 Å². The molecular formula is C23H31ClIN3O3. The molecule has 0 atom stereocenters. The lowest BCUT2D eigenvalue weighted by Crippen LogP contribution is -2.48. The van der Waals surface area contributed by atoms with E-state index >= 15 is 0 Å². The number of nitrogens with zero attached hydrogens (tertiary/aromatic N) is 1. The minimum Gasteiger partial charge on any atom is -0.496 e. The number of para-hydroxylation sites is 1. The number of ether oxygens (including phenoxy) is 3. The maximum atomic E-state index is 6.34. The number of nitrogens with one attached hydrogen (secondary N) is 2. The fourth-order valence-corrected chi connectivity index (χ4v) is 4.07. The molecule has 0 aromatic heterocycles. The Morgan fingerprint density at radius 1 is 1.06 bits per heavy atom. The van der Waals surface area contributed by atoms with Gasteiger partial charge in [0.05, 0.1) is 14.2 Å². The van der Waals surface area contributed by atoms with E-state index < -0.39 is 0 Å². The lowest BCUT2D eigenvalue weighted by molar-refractivity contribution is 0.0505. The van der Waals surface area contributed by atoms with E-state index in [2.05, 4.69) is 15.6 Å². The monoisotopic (exact) mass is 559 g/mol. The van der Waals surface area contributed by atoms with Gasteiger partial charge in [-0.05, 0) is 37.1 Å². The molecule has 2 N–H and O–H groups in total. The molecule has 0 radical (unpaired) electrons. The van der Waals surface area contributed by atoms with Crippen molar-refractivity contribution in [3.8, 4) is 11.5 Å². The van der Waals surface area contributed by atoms with Crippen LogP contribution in [-0.2, 0) is 16.7 Å². The molecule has 1 aliphatic rings. The maximum Gasteiger partial charge on any atom is 0.191 e. The van der Waals surface area contributed by atoms with Crippen LogP contribution in [0.5, 0.6) is 11.5 Å². The molecule has 170 valence electrons. The van der Waals surface area contributed by atoms with Gasteiger partial charge in [0.2, 0.25) is 0 Å². The second kappa shape index (κ2) is 12.4. The first-order chi connectivity index (χ1) is 14.6. The summed E-state index contributed by atoms with van der Waals surface area (Å²) in [6, 6.07) is 13.8. The summed E-state index contributed by atoms with van der Waals surface area (Å²) in [6.07, 6.45) is 1.75. The van der Waals surface area contributed by atoms with Gasteiger partial charge in [0.1, 0.15) is 11.5 Å². The van der Waals surface area contributed by atoms with E-state index in [0.29, 0.717) is 31.3 Å². The number of rotatable bonds is 7. The number of guanidine groups is 1. The van der Waals surface area contributed by atoms with Crippen LogP contribution < -0.4 is 20.1 Å². The van der Waals surface area contributed by atoms with Crippen LogP contribution in [0.3, 0.4) is 0 Å². The fourth-order valence-electron chi connectivity index (χ4n) is 3.90. The molecule has 0 saturated carbocycles. The van der Waals surface area contributed by atoms with Gasteiger partial charge in [-0.15, -0.1) is 24.0 Å². The summed E-state index contributed by atoms with van der Waals surface area (Å²) < 4.78 is 16.7. The van der Waals surface area contributed by atoms with E-state index in [4.69, 9.17) is 25.8 Å². The number of hydrogen-bond donors (Lipinski definition) is 2. The number of halogens is 2. The highest BCUT2D eigenvalue weighted by molar-refractivity contribution is 14.0. The Bertz CT molecular complexity index is 873. The van der Waals surface area contributed by atoms with Crippen molar-refractivity contribution in [2.45, 2.75) is 24.8 Å². The number of hydrogen-bond acceptors (Lipinski definition) is 4. The Labute approximate surface area is 206 Å². The van der Waals surface area contributed by atoms with Crippen molar-refractivity contribution in [2.24, 2.45) is 4.99 Å². The molecule has 0 spiro atoms. The smallest absolute Gasteiger partial charge is 0.191 e. The molecule has 2 aromatic rings. The van der Waals surface area contributed by atoms with Crippen LogP contribution in [0.1, 0.15) is 24.0 Å². The zero-order chi connectivity index (χ0) is 21.4. The fraction of sp³-hybridized carbons (Fsp3) is 0.435. The van der Waals surface area contributed by atoms with Gasteiger partial charge in [-0.3, -0.25) is 4.99 Å². The minimum atomic E-state index is -0.156. The van der Waals surface area contributed by atoms with Crippen molar-refractivity contribution in [2.75, 3.05) is 41.0 Å². The van der Waals surface area contributed by atoms with E-state index in [9.17, 15) is 0 Å². The largest absolute Gasteiger partial charge is 0.496 e. The van der Waals surface area contributed by atoms with Crippen molar-refractivity contribution in [1.29, 1.82) is 0 Å². The van der Waals surface area contributed by atoms with Crippen molar-refractivity contribution in [3.05, 3.63) is 58.6 Å². The van der Waals surface area contributed by atoms with E-state index in [0.717, 1.165) is 41.4 Å². The second-order valence-corrected chi connectivity index (χ2v) is 7.76. The van der Waals surface area contributed by atoms with Crippen molar-refractivity contribution in [1.82, 2.24) is 10.6 Å². The molecule has 6 nitrogen and oxygen atoms in total. The Balaban J connectivity index is 0.00000341. The zero-order valence-electron chi connectivity index (χ0n) is 18.2. The quantitative estimate of drug-likeness (QED) is 0.299. The molecule has 8 heteroatoms. The zero-order valence-corrected chi connectivity index (χ0v) is 21.3. The first-order valence-corrected chi connectivity index (χ1v) is 10.5. The Kier molecular flexibility index (Phi) is 10.2. The third-order valence-corrected chi connectivity index (χ3v) is 5.87. The standard InChI is InChI=1S/C23H30ClN3O3.HI/c1-25-22(26-15-17-6-4-5-7-20(17)28-2)27-16-23(10-12-30-13-11-23)19-14-18(24)8-9-21(19)29-3;/h4-9,14H,10-13,15-16H2,1-3H3,(H2,25,26,27);1H. The van der Waals surface area contributed by atoms with Gasteiger partial charge in [-0.2, -0.15) is 0 Å².